The van der Waals surface area contributed by atoms with E-state index in [1.807, 2.05) is 0 Å². The Balaban J connectivity index is 1.55. The summed E-state index contributed by atoms with van der Waals surface area (Å²) in [5, 5.41) is 8.28. The van der Waals surface area contributed by atoms with E-state index in [2.05, 4.69) is 15.2 Å². The van der Waals surface area contributed by atoms with Gasteiger partial charge in [0.05, 0.1) is 10.6 Å². The molecule has 1 N–H and O–H groups in total. The first-order valence-electron chi connectivity index (χ1n) is 8.37. The number of aromatic nitrogens is 3. The highest BCUT2D eigenvalue weighted by Crippen LogP contribution is 2.20. The summed E-state index contributed by atoms with van der Waals surface area (Å²) in [6.07, 6.45) is 0. The first kappa shape index (κ1) is 20.8. The number of nitrogens with one attached hydrogen (secondary N) is 1. The van der Waals surface area contributed by atoms with Crippen LogP contribution < -0.4 is 5.56 Å². The summed E-state index contributed by atoms with van der Waals surface area (Å²) < 4.78 is 26.7. The zero-order chi connectivity index (χ0) is 20.3. The van der Waals surface area contributed by atoms with E-state index in [1.54, 1.807) is 11.8 Å². The Bertz CT molecular complexity index is 1020. The number of carbonyl (C=O) groups is 1. The van der Waals surface area contributed by atoms with Crippen molar-refractivity contribution in [2.45, 2.75) is 17.0 Å². The number of benzene rings is 1. The van der Waals surface area contributed by atoms with Gasteiger partial charge in [-0.1, -0.05) is 23.4 Å². The highest BCUT2D eigenvalue weighted by molar-refractivity contribution is 7.99. The fourth-order valence-electron chi connectivity index (χ4n) is 2.60. The molecule has 9 nitrogen and oxygen atoms in total. The summed E-state index contributed by atoms with van der Waals surface area (Å²) >= 11 is 6.89. The molecule has 1 amide bonds. The van der Waals surface area contributed by atoms with Gasteiger partial charge >= 0.3 is 0 Å². The molecule has 1 aromatic carbocycles. The number of hydrogen-bond donors (Lipinski definition) is 1. The van der Waals surface area contributed by atoms with Crippen molar-refractivity contribution in [2.75, 3.05) is 31.9 Å². The first-order chi connectivity index (χ1) is 13.3. The van der Waals surface area contributed by atoms with Crippen LogP contribution in [0.15, 0.2) is 39.1 Å². The van der Waals surface area contributed by atoms with E-state index in [4.69, 9.17) is 11.6 Å². The summed E-state index contributed by atoms with van der Waals surface area (Å²) in [6, 6.07) is 6.00. The van der Waals surface area contributed by atoms with Crippen LogP contribution in [0.4, 0.5) is 0 Å². The number of nitrogens with zero attached hydrogens (tertiary/aromatic N) is 4. The third-order valence-electron chi connectivity index (χ3n) is 4.22. The maximum atomic E-state index is 12.7. The quantitative estimate of drug-likeness (QED) is 0.677. The smallest absolute Gasteiger partial charge is 0.273 e. The summed E-state index contributed by atoms with van der Waals surface area (Å²) in [6.45, 7) is 2.55. The second-order valence-corrected chi connectivity index (χ2v) is 9.41. The molecule has 2 heterocycles. The molecule has 0 radical (unpaired) electrons. The largest absolute Gasteiger partial charge is 0.339 e. The predicted molar refractivity (Wildman–Crippen MR) is 105 cm³/mol. The number of aromatic amines is 1. The van der Waals surface area contributed by atoms with Gasteiger partial charge in [-0.3, -0.25) is 14.6 Å². The second kappa shape index (κ2) is 8.60. The topological polar surface area (TPSA) is 116 Å². The SMILES string of the molecule is Cc1nnc(SCC(=O)N2CCN(S(=O)(=O)c3ccc(Cl)cc3)CC2)[nH]c1=O. The Labute approximate surface area is 171 Å². The van der Waals surface area contributed by atoms with Crippen molar-refractivity contribution in [1.29, 1.82) is 0 Å². The zero-order valence-electron chi connectivity index (χ0n) is 15.0. The molecule has 0 atom stereocenters. The zero-order valence-corrected chi connectivity index (χ0v) is 17.4. The Morgan fingerprint density at radius 2 is 1.82 bits per heavy atom. The highest BCUT2D eigenvalue weighted by Gasteiger charge is 2.30. The lowest BCUT2D eigenvalue weighted by atomic mass is 10.3. The van der Waals surface area contributed by atoms with Crippen LogP contribution >= 0.6 is 23.4 Å². The molecule has 0 unspecified atom stereocenters. The number of carbonyl (C=O) groups excluding carboxylic acids is 1. The Morgan fingerprint density at radius 1 is 1.18 bits per heavy atom. The number of aryl methyl sites for hydroxylation is 1. The van der Waals surface area contributed by atoms with Crippen molar-refractivity contribution in [2.24, 2.45) is 0 Å². The number of halogens is 1. The van der Waals surface area contributed by atoms with Crippen molar-refractivity contribution >= 4 is 39.3 Å². The van der Waals surface area contributed by atoms with E-state index < -0.39 is 10.0 Å². The molecule has 3 rings (SSSR count). The molecule has 0 bridgehead atoms. The van der Waals surface area contributed by atoms with Crippen LogP contribution in [0.5, 0.6) is 0 Å². The Morgan fingerprint density at radius 3 is 2.43 bits per heavy atom. The third-order valence-corrected chi connectivity index (χ3v) is 7.23. The van der Waals surface area contributed by atoms with Crippen LogP contribution in [0, 0.1) is 6.92 Å². The van der Waals surface area contributed by atoms with E-state index in [-0.39, 0.29) is 46.1 Å². The van der Waals surface area contributed by atoms with E-state index in [0.717, 1.165) is 11.8 Å². The lowest BCUT2D eigenvalue weighted by Gasteiger charge is -2.34. The lowest BCUT2D eigenvalue weighted by Crippen LogP contribution is -2.50. The fourth-order valence-corrected chi connectivity index (χ4v) is 4.85. The van der Waals surface area contributed by atoms with Crippen LogP contribution in [0.3, 0.4) is 0 Å². The van der Waals surface area contributed by atoms with Gasteiger partial charge in [-0.25, -0.2) is 8.42 Å². The first-order valence-corrected chi connectivity index (χ1v) is 11.2. The molecule has 1 fully saturated rings. The number of rotatable bonds is 5. The average Bonchev–Trinajstić information content (AvgIpc) is 2.69. The van der Waals surface area contributed by atoms with Gasteiger partial charge in [0.25, 0.3) is 5.56 Å². The monoisotopic (exact) mass is 443 g/mol. The molecule has 1 aromatic heterocycles. The molecule has 150 valence electrons. The van der Waals surface area contributed by atoms with Crippen LogP contribution in [0.1, 0.15) is 5.69 Å². The molecule has 0 aliphatic carbocycles. The molecular formula is C16H18ClN5O4S2. The molecule has 2 aromatic rings. The van der Waals surface area contributed by atoms with Gasteiger partial charge in [0, 0.05) is 31.2 Å². The summed E-state index contributed by atoms with van der Waals surface area (Å²) in [4.78, 5) is 28.2. The number of thioether (sulfide) groups is 1. The van der Waals surface area contributed by atoms with Gasteiger partial charge in [0.15, 0.2) is 5.16 Å². The number of H-pyrrole nitrogens is 1. The van der Waals surface area contributed by atoms with E-state index in [9.17, 15) is 18.0 Å². The van der Waals surface area contributed by atoms with Gasteiger partial charge in [0.2, 0.25) is 15.9 Å². The lowest BCUT2D eigenvalue weighted by molar-refractivity contribution is -0.129. The van der Waals surface area contributed by atoms with Gasteiger partial charge in [-0.05, 0) is 31.2 Å². The number of sulfonamides is 1. The van der Waals surface area contributed by atoms with Gasteiger partial charge in [0.1, 0.15) is 5.69 Å². The molecule has 0 saturated carbocycles. The van der Waals surface area contributed by atoms with E-state index in [1.165, 1.54) is 28.6 Å². The summed E-state index contributed by atoms with van der Waals surface area (Å²) in [7, 11) is -3.62. The van der Waals surface area contributed by atoms with Crippen molar-refractivity contribution in [3.05, 3.63) is 45.3 Å². The molecule has 12 heteroatoms. The Kier molecular flexibility index (Phi) is 6.38. The second-order valence-electron chi connectivity index (χ2n) is 6.07. The summed E-state index contributed by atoms with van der Waals surface area (Å²) in [5.74, 6) is -0.0748. The van der Waals surface area contributed by atoms with Crippen molar-refractivity contribution in [3.8, 4) is 0 Å². The minimum Gasteiger partial charge on any atom is -0.339 e. The fraction of sp³-hybridized carbons (Fsp3) is 0.375. The van der Waals surface area contributed by atoms with Crippen LogP contribution in [0.25, 0.3) is 0 Å². The van der Waals surface area contributed by atoms with Crippen molar-refractivity contribution in [1.82, 2.24) is 24.4 Å². The van der Waals surface area contributed by atoms with Crippen LogP contribution in [-0.2, 0) is 14.8 Å². The number of amides is 1. The van der Waals surface area contributed by atoms with Crippen molar-refractivity contribution in [3.63, 3.8) is 0 Å². The summed E-state index contributed by atoms with van der Waals surface area (Å²) in [5.41, 5.74) is -0.0836. The molecule has 1 aliphatic rings. The molecule has 0 spiro atoms. The molecule has 1 aliphatic heterocycles. The average molecular weight is 444 g/mol. The number of piperazine rings is 1. The minimum absolute atomic E-state index is 0.0810. The van der Waals surface area contributed by atoms with Gasteiger partial charge in [-0.15, -0.1) is 10.2 Å². The van der Waals surface area contributed by atoms with E-state index >= 15 is 0 Å². The standard InChI is InChI=1S/C16H18ClN5O4S2/c1-11-15(24)18-16(20-19-11)27-10-14(23)21-6-8-22(9-7-21)28(25,26)13-4-2-12(17)3-5-13/h2-5H,6-10H2,1H3,(H,18,20,24). The molecule has 28 heavy (non-hydrogen) atoms. The Hall–Kier alpha value is -1.95. The maximum absolute atomic E-state index is 12.7. The molecule has 1 saturated heterocycles. The molecular weight excluding hydrogens is 426 g/mol. The normalized spacial score (nSPS) is 15.6. The van der Waals surface area contributed by atoms with Gasteiger partial charge in [-0.2, -0.15) is 4.31 Å². The van der Waals surface area contributed by atoms with Crippen LogP contribution in [0.2, 0.25) is 5.02 Å². The van der Waals surface area contributed by atoms with Crippen LogP contribution in [-0.4, -0.2) is 70.6 Å². The maximum Gasteiger partial charge on any atom is 0.273 e. The predicted octanol–water partition coefficient (Wildman–Crippen LogP) is 0.752. The number of hydrogen-bond acceptors (Lipinski definition) is 7. The highest BCUT2D eigenvalue weighted by atomic mass is 35.5. The minimum atomic E-state index is -3.62. The third kappa shape index (κ3) is 4.72. The van der Waals surface area contributed by atoms with E-state index in [0.29, 0.717) is 18.1 Å². The van der Waals surface area contributed by atoms with Crippen molar-refractivity contribution < 1.29 is 13.2 Å². The van der Waals surface area contributed by atoms with Gasteiger partial charge < -0.3 is 4.90 Å².